The molecule has 0 aliphatic carbocycles. The van der Waals surface area contributed by atoms with Crippen LogP contribution in [0.1, 0.15) is 5.56 Å². The predicted octanol–water partition coefficient (Wildman–Crippen LogP) is 4.41. The molecule has 0 spiro atoms. The zero-order valence-electron chi connectivity index (χ0n) is 12.6. The lowest BCUT2D eigenvalue weighted by molar-refractivity contribution is -0.123. The smallest absolute Gasteiger partial charge is 0.293 e. The quantitative estimate of drug-likeness (QED) is 0.500. The van der Waals surface area contributed by atoms with Crippen LogP contribution in [-0.4, -0.2) is 29.2 Å². The normalized spacial score (nSPS) is 16.0. The second-order valence-corrected chi connectivity index (χ2v) is 7.29. The molecule has 1 aliphatic rings. The minimum Gasteiger partial charge on any atom is -0.492 e. The van der Waals surface area contributed by atoms with Crippen molar-refractivity contribution in [3.05, 3.63) is 68.6 Å². The Hall–Kier alpha value is -1.80. The Balaban J connectivity index is 1.62. The first-order valence-corrected chi connectivity index (χ1v) is 9.22. The van der Waals surface area contributed by atoms with Crippen molar-refractivity contribution >= 4 is 51.6 Å². The topological polar surface area (TPSA) is 46.6 Å². The summed E-state index contributed by atoms with van der Waals surface area (Å²) in [6.45, 7) is 0.516. The van der Waals surface area contributed by atoms with Crippen LogP contribution in [0.5, 0.6) is 5.75 Å². The van der Waals surface area contributed by atoms with Crippen molar-refractivity contribution in [2.75, 3.05) is 13.2 Å². The van der Waals surface area contributed by atoms with Crippen LogP contribution in [0.25, 0.3) is 6.08 Å². The van der Waals surface area contributed by atoms with Crippen LogP contribution < -0.4 is 4.74 Å². The Morgan fingerprint density at radius 2 is 1.75 bits per heavy atom. The van der Waals surface area contributed by atoms with E-state index in [9.17, 15) is 9.59 Å². The molecule has 0 radical (unpaired) electrons. The van der Waals surface area contributed by atoms with E-state index in [1.54, 1.807) is 6.08 Å². The van der Waals surface area contributed by atoms with Gasteiger partial charge in [-0.25, -0.2) is 0 Å². The van der Waals surface area contributed by atoms with Crippen LogP contribution in [0.2, 0.25) is 0 Å². The van der Waals surface area contributed by atoms with E-state index in [0.29, 0.717) is 4.91 Å². The molecule has 2 aromatic rings. The maximum absolute atomic E-state index is 12.4. The molecule has 1 aliphatic heterocycles. The highest BCUT2D eigenvalue weighted by molar-refractivity contribution is 14.1. The van der Waals surface area contributed by atoms with E-state index in [1.807, 2.05) is 54.6 Å². The molecule has 0 saturated carbocycles. The maximum Gasteiger partial charge on any atom is 0.293 e. The van der Waals surface area contributed by atoms with Gasteiger partial charge >= 0.3 is 0 Å². The molecule has 1 fully saturated rings. The lowest BCUT2D eigenvalue weighted by Crippen LogP contribution is -2.32. The number of benzene rings is 2. The van der Waals surface area contributed by atoms with Crippen molar-refractivity contribution in [3.63, 3.8) is 0 Å². The van der Waals surface area contributed by atoms with Gasteiger partial charge < -0.3 is 4.74 Å². The molecular formula is C18H14INO3S. The highest BCUT2D eigenvalue weighted by Crippen LogP contribution is 2.32. The number of thioether (sulfide) groups is 1. The van der Waals surface area contributed by atoms with E-state index >= 15 is 0 Å². The van der Waals surface area contributed by atoms with Gasteiger partial charge in [-0.3, -0.25) is 14.5 Å². The summed E-state index contributed by atoms with van der Waals surface area (Å²) in [6.07, 6.45) is 1.75. The highest BCUT2D eigenvalue weighted by atomic mass is 127. The van der Waals surface area contributed by atoms with Gasteiger partial charge in [0.1, 0.15) is 12.4 Å². The fourth-order valence-corrected chi connectivity index (χ4v) is 3.40. The molecule has 1 saturated heterocycles. The molecule has 0 N–H and O–H groups in total. The number of carbonyl (C=O) groups excluding carboxylic acids is 2. The van der Waals surface area contributed by atoms with Gasteiger partial charge in [-0.1, -0.05) is 30.3 Å². The lowest BCUT2D eigenvalue weighted by atomic mass is 10.2. The van der Waals surface area contributed by atoms with E-state index in [0.717, 1.165) is 26.6 Å². The average Bonchev–Trinajstić information content (AvgIpc) is 2.85. The number of imide groups is 1. The van der Waals surface area contributed by atoms with Gasteiger partial charge in [0.25, 0.3) is 11.1 Å². The van der Waals surface area contributed by atoms with Gasteiger partial charge in [0.05, 0.1) is 11.4 Å². The Kier molecular flexibility index (Phi) is 5.57. The third-order valence-electron chi connectivity index (χ3n) is 3.37. The molecule has 4 nitrogen and oxygen atoms in total. The lowest BCUT2D eigenvalue weighted by Gasteiger charge is -2.13. The van der Waals surface area contributed by atoms with Crippen LogP contribution in [-0.2, 0) is 4.79 Å². The van der Waals surface area contributed by atoms with Crippen molar-refractivity contribution in [2.45, 2.75) is 0 Å². The number of hydrogen-bond donors (Lipinski definition) is 0. The van der Waals surface area contributed by atoms with E-state index < -0.39 is 0 Å². The second kappa shape index (κ2) is 7.85. The van der Waals surface area contributed by atoms with Crippen molar-refractivity contribution in [3.8, 4) is 5.75 Å². The Morgan fingerprint density at radius 3 is 2.46 bits per heavy atom. The van der Waals surface area contributed by atoms with Crippen LogP contribution in [0.3, 0.4) is 0 Å². The Morgan fingerprint density at radius 1 is 1.04 bits per heavy atom. The Labute approximate surface area is 158 Å². The minimum absolute atomic E-state index is 0.240. The van der Waals surface area contributed by atoms with Gasteiger partial charge in [-0.2, -0.15) is 0 Å². The van der Waals surface area contributed by atoms with E-state index in [1.165, 1.54) is 4.90 Å². The summed E-state index contributed by atoms with van der Waals surface area (Å²) in [4.78, 5) is 26.1. The predicted molar refractivity (Wildman–Crippen MR) is 104 cm³/mol. The molecule has 0 unspecified atom stereocenters. The summed E-state index contributed by atoms with van der Waals surface area (Å²) in [5, 5.41) is -0.256. The number of para-hydroxylation sites is 1. The molecule has 0 aromatic heterocycles. The average molecular weight is 451 g/mol. The summed E-state index contributed by atoms with van der Waals surface area (Å²) >= 11 is 3.19. The summed E-state index contributed by atoms with van der Waals surface area (Å²) in [5.74, 6) is 0.458. The summed E-state index contributed by atoms with van der Waals surface area (Å²) < 4.78 is 6.68. The van der Waals surface area contributed by atoms with Gasteiger partial charge in [0.15, 0.2) is 0 Å². The minimum atomic E-state index is -0.264. The number of nitrogens with zero attached hydrogens (tertiary/aromatic N) is 1. The zero-order chi connectivity index (χ0) is 16.9. The number of carbonyl (C=O) groups is 2. The van der Waals surface area contributed by atoms with E-state index in [-0.39, 0.29) is 24.3 Å². The first-order chi connectivity index (χ1) is 11.6. The molecule has 2 aromatic carbocycles. The molecule has 122 valence electrons. The summed E-state index contributed by atoms with van der Waals surface area (Å²) in [6, 6.07) is 17.1. The van der Waals surface area contributed by atoms with E-state index in [2.05, 4.69) is 22.6 Å². The van der Waals surface area contributed by atoms with Crippen molar-refractivity contribution in [1.82, 2.24) is 4.90 Å². The molecule has 1 heterocycles. The van der Waals surface area contributed by atoms with Gasteiger partial charge in [0, 0.05) is 3.57 Å². The zero-order valence-corrected chi connectivity index (χ0v) is 15.6. The highest BCUT2D eigenvalue weighted by Gasteiger charge is 2.34. The van der Waals surface area contributed by atoms with Gasteiger partial charge in [0.2, 0.25) is 0 Å². The monoisotopic (exact) mass is 451 g/mol. The van der Waals surface area contributed by atoms with Crippen LogP contribution in [0.4, 0.5) is 4.79 Å². The molecule has 6 heteroatoms. The van der Waals surface area contributed by atoms with Crippen LogP contribution >= 0.6 is 34.4 Å². The standard InChI is InChI=1S/C18H14INO3S/c19-14-8-6-13(7-9-14)12-16-17(21)20(18(22)24-16)10-11-23-15-4-2-1-3-5-15/h1-9,12H,10-11H2/b16-12-. The van der Waals surface area contributed by atoms with Crippen LogP contribution in [0.15, 0.2) is 59.5 Å². The fraction of sp³-hybridized carbons (Fsp3) is 0.111. The SMILES string of the molecule is O=C1S/C(=C\c2ccc(I)cc2)C(=O)N1CCOc1ccccc1. The number of rotatable bonds is 5. The molecule has 2 amide bonds. The molecular weight excluding hydrogens is 437 g/mol. The summed E-state index contributed by atoms with van der Waals surface area (Å²) in [7, 11) is 0. The van der Waals surface area contributed by atoms with Gasteiger partial charge in [-0.15, -0.1) is 0 Å². The third-order valence-corrected chi connectivity index (χ3v) is 4.99. The first kappa shape index (κ1) is 17.0. The molecule has 24 heavy (non-hydrogen) atoms. The molecule has 3 rings (SSSR count). The number of amides is 2. The number of hydrogen-bond acceptors (Lipinski definition) is 4. The van der Waals surface area contributed by atoms with E-state index in [4.69, 9.17) is 4.74 Å². The number of halogens is 1. The number of ether oxygens (including phenoxy) is 1. The van der Waals surface area contributed by atoms with Crippen molar-refractivity contribution < 1.29 is 14.3 Å². The van der Waals surface area contributed by atoms with Crippen molar-refractivity contribution in [2.24, 2.45) is 0 Å². The maximum atomic E-state index is 12.4. The molecule has 0 bridgehead atoms. The fourth-order valence-electron chi connectivity index (χ4n) is 2.17. The third kappa shape index (κ3) is 4.18. The largest absolute Gasteiger partial charge is 0.492 e. The Bertz CT molecular complexity index is 775. The second-order valence-electron chi connectivity index (χ2n) is 5.05. The van der Waals surface area contributed by atoms with Crippen LogP contribution in [0, 0.1) is 3.57 Å². The summed E-state index contributed by atoms with van der Waals surface area (Å²) in [5.41, 5.74) is 0.904. The molecule has 0 atom stereocenters. The first-order valence-electron chi connectivity index (χ1n) is 7.32. The van der Waals surface area contributed by atoms with Gasteiger partial charge in [-0.05, 0) is 70.3 Å². The van der Waals surface area contributed by atoms with Crippen molar-refractivity contribution in [1.29, 1.82) is 0 Å².